The van der Waals surface area contributed by atoms with Gasteiger partial charge in [-0.3, -0.25) is 0 Å². The predicted octanol–water partition coefficient (Wildman–Crippen LogP) is 2.57. The van der Waals surface area contributed by atoms with Gasteiger partial charge in [-0.25, -0.2) is 4.98 Å². The fraction of sp³-hybridized carbons (Fsp3) is 0.500. The smallest absolute Gasteiger partial charge is 0.0967 e. The number of hydrogen-bond acceptors (Lipinski definition) is 5. The van der Waals surface area contributed by atoms with Gasteiger partial charge in [-0.2, -0.15) is 0 Å². The van der Waals surface area contributed by atoms with Gasteiger partial charge in [0.15, 0.2) is 0 Å². The molecule has 5 heteroatoms. The SMILES string of the molecule is c1ccc2c(c1)CC(N[C@@H]1CCOC[C@H]1OCc1cscn1)C2. The number of ether oxygens (including phenoxy) is 2. The molecule has 1 saturated heterocycles. The lowest BCUT2D eigenvalue weighted by Crippen LogP contribution is -2.51. The van der Waals surface area contributed by atoms with Gasteiger partial charge in [0.1, 0.15) is 0 Å². The Hall–Kier alpha value is -1.27. The number of nitrogens with zero attached hydrogens (tertiary/aromatic N) is 1. The molecule has 23 heavy (non-hydrogen) atoms. The van der Waals surface area contributed by atoms with Gasteiger partial charge in [-0.15, -0.1) is 11.3 Å². The van der Waals surface area contributed by atoms with Crippen molar-refractivity contribution in [3.63, 3.8) is 0 Å². The second-order valence-corrected chi connectivity index (χ2v) is 7.06. The van der Waals surface area contributed by atoms with Crippen molar-refractivity contribution in [1.29, 1.82) is 0 Å². The van der Waals surface area contributed by atoms with Crippen LogP contribution >= 0.6 is 11.3 Å². The lowest BCUT2D eigenvalue weighted by molar-refractivity contribution is -0.0779. The Morgan fingerprint density at radius 1 is 1.26 bits per heavy atom. The van der Waals surface area contributed by atoms with E-state index in [1.807, 2.05) is 10.9 Å². The van der Waals surface area contributed by atoms with E-state index < -0.39 is 0 Å². The number of thiazole rings is 1. The van der Waals surface area contributed by atoms with Crippen LogP contribution in [-0.2, 0) is 28.9 Å². The number of fused-ring (bicyclic) bond motifs is 1. The van der Waals surface area contributed by atoms with Crippen molar-refractivity contribution >= 4 is 11.3 Å². The molecule has 2 atom stereocenters. The van der Waals surface area contributed by atoms with Gasteiger partial charge in [0.05, 0.1) is 30.5 Å². The fourth-order valence-corrected chi connectivity index (χ4v) is 4.09. The van der Waals surface area contributed by atoms with Crippen molar-refractivity contribution < 1.29 is 9.47 Å². The average molecular weight is 330 g/mol. The molecule has 1 aromatic heterocycles. The summed E-state index contributed by atoms with van der Waals surface area (Å²) in [6.07, 6.45) is 3.35. The van der Waals surface area contributed by atoms with E-state index in [1.165, 1.54) is 11.1 Å². The van der Waals surface area contributed by atoms with Crippen LogP contribution in [0.2, 0.25) is 0 Å². The number of aromatic nitrogens is 1. The quantitative estimate of drug-likeness (QED) is 0.915. The molecule has 4 nitrogen and oxygen atoms in total. The summed E-state index contributed by atoms with van der Waals surface area (Å²) in [6.45, 7) is 2.05. The minimum Gasteiger partial charge on any atom is -0.379 e. The Balaban J connectivity index is 1.35. The van der Waals surface area contributed by atoms with Crippen molar-refractivity contribution in [3.05, 3.63) is 52.0 Å². The zero-order valence-corrected chi connectivity index (χ0v) is 13.9. The van der Waals surface area contributed by atoms with Crippen molar-refractivity contribution in [2.24, 2.45) is 0 Å². The Bertz CT molecular complexity index is 607. The van der Waals surface area contributed by atoms with Crippen LogP contribution in [0.25, 0.3) is 0 Å². The molecule has 0 amide bonds. The van der Waals surface area contributed by atoms with Crippen molar-refractivity contribution in [2.75, 3.05) is 13.2 Å². The van der Waals surface area contributed by atoms with Crippen LogP contribution in [-0.4, -0.2) is 36.4 Å². The zero-order valence-electron chi connectivity index (χ0n) is 13.1. The zero-order chi connectivity index (χ0) is 15.5. The van der Waals surface area contributed by atoms with E-state index in [1.54, 1.807) is 11.3 Å². The minimum absolute atomic E-state index is 0.106. The number of rotatable bonds is 5. The first kappa shape index (κ1) is 15.3. The molecule has 0 bridgehead atoms. The van der Waals surface area contributed by atoms with E-state index in [0.29, 0.717) is 25.3 Å². The fourth-order valence-electron chi connectivity index (χ4n) is 3.55. The van der Waals surface area contributed by atoms with E-state index in [2.05, 4.69) is 34.6 Å². The Morgan fingerprint density at radius 2 is 2.09 bits per heavy atom. The third-order valence-electron chi connectivity index (χ3n) is 4.73. The molecule has 0 spiro atoms. The van der Waals surface area contributed by atoms with Crippen LogP contribution in [0.15, 0.2) is 35.2 Å². The largest absolute Gasteiger partial charge is 0.379 e. The van der Waals surface area contributed by atoms with Gasteiger partial charge < -0.3 is 14.8 Å². The number of nitrogens with one attached hydrogen (secondary N) is 1. The second kappa shape index (κ2) is 7.09. The van der Waals surface area contributed by atoms with Crippen LogP contribution < -0.4 is 5.32 Å². The first-order valence-corrected chi connectivity index (χ1v) is 9.22. The summed E-state index contributed by atoms with van der Waals surface area (Å²) < 4.78 is 11.7. The summed E-state index contributed by atoms with van der Waals surface area (Å²) in [6, 6.07) is 9.64. The van der Waals surface area contributed by atoms with Crippen LogP contribution in [0.3, 0.4) is 0 Å². The summed E-state index contributed by atoms with van der Waals surface area (Å²) in [5, 5.41) is 5.86. The van der Waals surface area contributed by atoms with E-state index >= 15 is 0 Å². The van der Waals surface area contributed by atoms with Crippen LogP contribution in [0, 0.1) is 0 Å². The number of benzene rings is 1. The normalized spacial score (nSPS) is 24.7. The average Bonchev–Trinajstić information content (AvgIpc) is 3.23. The van der Waals surface area contributed by atoms with E-state index in [4.69, 9.17) is 9.47 Å². The molecule has 0 unspecified atom stereocenters. The monoisotopic (exact) mass is 330 g/mol. The van der Waals surface area contributed by atoms with E-state index in [9.17, 15) is 0 Å². The summed E-state index contributed by atoms with van der Waals surface area (Å²) in [5.74, 6) is 0. The lowest BCUT2D eigenvalue weighted by atomic mass is 10.0. The highest BCUT2D eigenvalue weighted by atomic mass is 32.1. The van der Waals surface area contributed by atoms with Gasteiger partial charge in [-0.05, 0) is 30.4 Å². The van der Waals surface area contributed by atoms with Gasteiger partial charge in [0, 0.05) is 24.1 Å². The van der Waals surface area contributed by atoms with Gasteiger partial charge in [0.25, 0.3) is 0 Å². The maximum Gasteiger partial charge on any atom is 0.0967 e. The minimum atomic E-state index is 0.106. The molecule has 1 aliphatic carbocycles. The molecular formula is C18H22N2O2S. The van der Waals surface area contributed by atoms with Crippen molar-refractivity contribution in [3.8, 4) is 0 Å². The Kier molecular flexibility index (Phi) is 4.71. The predicted molar refractivity (Wildman–Crippen MR) is 90.7 cm³/mol. The van der Waals surface area contributed by atoms with Crippen molar-refractivity contribution in [2.45, 2.75) is 44.1 Å². The topological polar surface area (TPSA) is 43.4 Å². The summed E-state index contributed by atoms with van der Waals surface area (Å²) in [7, 11) is 0. The van der Waals surface area contributed by atoms with E-state index in [-0.39, 0.29) is 6.10 Å². The molecule has 2 aromatic rings. The third kappa shape index (κ3) is 3.63. The highest BCUT2D eigenvalue weighted by Crippen LogP contribution is 2.23. The first-order chi connectivity index (χ1) is 11.4. The number of hydrogen-bond donors (Lipinski definition) is 1. The van der Waals surface area contributed by atoms with Crippen LogP contribution in [0.1, 0.15) is 23.2 Å². The maximum atomic E-state index is 6.08. The molecule has 0 saturated carbocycles. The summed E-state index contributed by atoms with van der Waals surface area (Å²) in [5.41, 5.74) is 5.82. The van der Waals surface area contributed by atoms with Crippen LogP contribution in [0.4, 0.5) is 0 Å². The molecule has 2 aliphatic rings. The molecule has 1 aromatic carbocycles. The highest BCUT2D eigenvalue weighted by Gasteiger charge is 2.30. The summed E-state index contributed by atoms with van der Waals surface area (Å²) in [4.78, 5) is 4.29. The molecule has 4 rings (SSSR count). The lowest BCUT2D eigenvalue weighted by Gasteiger charge is -2.34. The summed E-state index contributed by atoms with van der Waals surface area (Å²) >= 11 is 1.61. The molecule has 1 N–H and O–H groups in total. The maximum absolute atomic E-state index is 6.08. The molecular weight excluding hydrogens is 308 g/mol. The third-order valence-corrected chi connectivity index (χ3v) is 5.37. The van der Waals surface area contributed by atoms with Crippen LogP contribution in [0.5, 0.6) is 0 Å². The highest BCUT2D eigenvalue weighted by molar-refractivity contribution is 7.07. The van der Waals surface area contributed by atoms with Crippen molar-refractivity contribution in [1.82, 2.24) is 10.3 Å². The Labute approximate surface area is 140 Å². The molecule has 0 radical (unpaired) electrons. The van der Waals surface area contributed by atoms with Gasteiger partial charge in [0.2, 0.25) is 0 Å². The molecule has 2 heterocycles. The molecule has 1 aliphatic heterocycles. The standard InChI is InChI=1S/C18H22N2O2S/c1-2-4-14-8-15(7-13(14)3-1)20-17-5-6-21-10-18(17)22-9-16-11-23-12-19-16/h1-4,11-12,15,17-18,20H,5-10H2/t17-,18-/m1/s1. The second-order valence-electron chi connectivity index (χ2n) is 6.34. The van der Waals surface area contributed by atoms with Gasteiger partial charge in [-0.1, -0.05) is 24.3 Å². The molecule has 122 valence electrons. The molecule has 1 fully saturated rings. The first-order valence-electron chi connectivity index (χ1n) is 8.28. The Morgan fingerprint density at radius 3 is 2.83 bits per heavy atom. The van der Waals surface area contributed by atoms with Gasteiger partial charge >= 0.3 is 0 Å². The van der Waals surface area contributed by atoms with E-state index in [0.717, 1.165) is 31.6 Å².